The zero-order chi connectivity index (χ0) is 68.6. The van der Waals surface area contributed by atoms with Crippen LogP contribution in [0.1, 0.15) is 22.3 Å². The molecule has 0 saturated heterocycles. The van der Waals surface area contributed by atoms with Crippen molar-refractivity contribution in [3.8, 4) is 103 Å². The Hall–Kier alpha value is -14.8. The minimum absolute atomic E-state index is 0.458. The van der Waals surface area contributed by atoms with Crippen LogP contribution in [0.25, 0.3) is 188 Å². The van der Waals surface area contributed by atoms with E-state index in [2.05, 4.69) is 237 Å². The van der Waals surface area contributed by atoms with Crippen molar-refractivity contribution in [3.05, 3.63) is 332 Å². The molecule has 0 amide bonds. The molecule has 0 unspecified atom stereocenters. The Bertz CT molecular complexity index is 6500. The van der Waals surface area contributed by atoms with E-state index in [4.69, 9.17) is 9.40 Å². The fourth-order valence-electron chi connectivity index (χ4n) is 16.1. The quantitative estimate of drug-likeness (QED) is 0.141. The minimum Gasteiger partial charge on any atom is -0.456 e. The number of hydrogen-bond donors (Lipinski definition) is 0. The lowest BCUT2D eigenvalue weighted by Crippen LogP contribution is -2.16. The van der Waals surface area contributed by atoms with Crippen LogP contribution in [0.15, 0.2) is 314 Å². The number of aromatic nitrogens is 5. The summed E-state index contributed by atoms with van der Waals surface area (Å²) >= 11 is 0. The van der Waals surface area contributed by atoms with Crippen LogP contribution < -0.4 is 0 Å². The predicted octanol–water partition coefficient (Wildman–Crippen LogP) is 23.2. The predicted molar refractivity (Wildman–Crippen MR) is 415 cm³/mol. The average Bonchev–Trinajstić information content (AvgIpc) is 1.57. The number of pyridine rings is 1. The number of benzene rings is 14. The van der Waals surface area contributed by atoms with Crippen molar-refractivity contribution in [3.63, 3.8) is 0 Å². The molecule has 14 aromatic carbocycles. The van der Waals surface area contributed by atoms with Crippen molar-refractivity contribution in [2.24, 2.45) is 0 Å². The Labute approximate surface area is 588 Å². The second-order valence-electron chi connectivity index (χ2n) is 26.2. The first-order valence-corrected chi connectivity index (χ1v) is 34.1. The third kappa shape index (κ3) is 8.93. The number of rotatable bonds is 9. The van der Waals surface area contributed by atoms with Gasteiger partial charge in [-0.15, -0.1) is 0 Å². The van der Waals surface area contributed by atoms with Crippen molar-refractivity contribution in [2.45, 2.75) is 0 Å². The summed E-state index contributed by atoms with van der Waals surface area (Å²) in [5.41, 5.74) is 21.1. The first-order valence-electron chi connectivity index (χ1n) is 34.1. The van der Waals surface area contributed by atoms with Crippen LogP contribution in [0, 0.1) is 45.3 Å². The molecule has 20 rings (SSSR count). The van der Waals surface area contributed by atoms with Gasteiger partial charge in [0.05, 0.1) is 90.7 Å². The van der Waals surface area contributed by atoms with Gasteiger partial charge in [0.2, 0.25) is 0 Å². The third-order valence-corrected chi connectivity index (χ3v) is 20.7. The Kier molecular flexibility index (Phi) is 13.0. The van der Waals surface area contributed by atoms with E-state index in [0.29, 0.717) is 56.4 Å². The van der Waals surface area contributed by atoms with E-state index in [1.807, 2.05) is 115 Å². The summed E-state index contributed by atoms with van der Waals surface area (Å²) in [6.45, 7) is 0. The molecule has 0 radical (unpaired) electrons. The molecular weight excluding hydrogens is 1260 g/mol. The highest BCUT2D eigenvalue weighted by atomic mass is 16.3. The van der Waals surface area contributed by atoms with Gasteiger partial charge in [0.15, 0.2) is 11.6 Å². The first kappa shape index (κ1) is 58.4. The number of nitrogens with zero attached hydrogens (tertiary/aromatic N) is 9. The van der Waals surface area contributed by atoms with Crippen molar-refractivity contribution in [1.82, 2.24) is 23.3 Å². The number of para-hydroxylation sites is 1. The van der Waals surface area contributed by atoms with Crippen LogP contribution in [0.3, 0.4) is 0 Å². The molecule has 0 atom stereocenters. The second-order valence-corrected chi connectivity index (χ2v) is 26.2. The Morgan fingerprint density at radius 3 is 0.874 bits per heavy atom. The van der Waals surface area contributed by atoms with E-state index in [1.165, 1.54) is 0 Å². The highest BCUT2D eigenvalue weighted by molar-refractivity contribution is 6.20. The maximum absolute atomic E-state index is 10.8. The number of furan rings is 1. The lowest BCUT2D eigenvalue weighted by atomic mass is 9.95. The van der Waals surface area contributed by atoms with Gasteiger partial charge in [0.25, 0.3) is 0 Å². The second kappa shape index (κ2) is 22.9. The topological polar surface area (TPSA) is 141 Å². The summed E-state index contributed by atoms with van der Waals surface area (Å²) in [6, 6.07) is 117. The lowest BCUT2D eigenvalue weighted by molar-refractivity contribution is 0.669. The van der Waals surface area contributed by atoms with Crippen LogP contribution in [0.4, 0.5) is 0 Å². The standard InChI is InChI=1S/C93H51N9O/c94-52-56-28-36-78-70(44-56)71-45-57(53-95)29-37-79(71)99(78)90-89(69-25-15-27-87-88(69)68-24-13-14-26-86(68)103-87)91(100-80-38-30-58(54-96)46-72(80)73-47-59(55-97)31-39-81(73)100)93(102-84-42-34-66(62-20-9-3-10-21-62)50-76(84)77-51-67(35-43-85(77)102)63-22-11-4-12-23-63)98-92(90)101-82-40-32-64(60-16-5-1-6-17-60)48-74(82)75-49-65(33-41-83(75)101)61-18-7-2-8-19-61/h1-51H. The molecular formula is C93H51N9O. The van der Waals surface area contributed by atoms with E-state index in [-0.39, 0.29) is 0 Å². The van der Waals surface area contributed by atoms with Crippen molar-refractivity contribution >= 4 is 109 Å². The number of hydrogen-bond acceptors (Lipinski definition) is 6. The zero-order valence-electron chi connectivity index (χ0n) is 54.9. The fourth-order valence-corrected chi connectivity index (χ4v) is 16.1. The van der Waals surface area contributed by atoms with Gasteiger partial charge in [-0.05, 0) is 184 Å². The summed E-state index contributed by atoms with van der Waals surface area (Å²) < 4.78 is 16.3. The summed E-state index contributed by atoms with van der Waals surface area (Å²) in [6.07, 6.45) is 0. The molecule has 0 aliphatic heterocycles. The summed E-state index contributed by atoms with van der Waals surface area (Å²) in [5.74, 6) is 1.12. The monoisotopic (exact) mass is 1310 g/mol. The highest BCUT2D eigenvalue weighted by Gasteiger charge is 2.35. The first-order chi connectivity index (χ1) is 50.9. The maximum Gasteiger partial charge on any atom is 0.165 e. The molecule has 0 bridgehead atoms. The van der Waals surface area contributed by atoms with Crippen LogP contribution in [-0.2, 0) is 0 Å². The van der Waals surface area contributed by atoms with E-state index >= 15 is 0 Å². The molecule has 6 heterocycles. The van der Waals surface area contributed by atoms with Gasteiger partial charge in [-0.1, -0.05) is 176 Å². The molecule has 10 heteroatoms. The van der Waals surface area contributed by atoms with Gasteiger partial charge in [0, 0.05) is 59.4 Å². The Balaban J connectivity index is 1.08. The molecule has 20 aromatic rings. The summed E-state index contributed by atoms with van der Waals surface area (Å²) in [4.78, 5) is 6.62. The molecule has 0 spiro atoms. The van der Waals surface area contributed by atoms with Gasteiger partial charge >= 0.3 is 0 Å². The van der Waals surface area contributed by atoms with Gasteiger partial charge in [-0.2, -0.15) is 21.0 Å². The minimum atomic E-state index is 0.458. The van der Waals surface area contributed by atoms with Crippen LogP contribution in [0.2, 0.25) is 0 Å². The van der Waals surface area contributed by atoms with Crippen LogP contribution in [0.5, 0.6) is 0 Å². The van der Waals surface area contributed by atoms with Gasteiger partial charge in [-0.3, -0.25) is 9.13 Å². The molecule has 0 N–H and O–H groups in total. The molecule has 0 saturated carbocycles. The molecule has 474 valence electrons. The van der Waals surface area contributed by atoms with E-state index in [0.717, 1.165) is 154 Å². The molecule has 10 nitrogen and oxygen atoms in total. The molecule has 6 aromatic heterocycles. The van der Waals surface area contributed by atoms with Gasteiger partial charge in [-0.25, -0.2) is 4.98 Å². The third-order valence-electron chi connectivity index (χ3n) is 20.7. The van der Waals surface area contributed by atoms with Crippen molar-refractivity contribution in [1.29, 1.82) is 21.0 Å². The van der Waals surface area contributed by atoms with Gasteiger partial charge < -0.3 is 13.6 Å². The van der Waals surface area contributed by atoms with E-state index < -0.39 is 0 Å². The summed E-state index contributed by atoms with van der Waals surface area (Å²) in [5, 5.41) is 52.1. The molecule has 0 aliphatic carbocycles. The van der Waals surface area contributed by atoms with Crippen LogP contribution in [-0.4, -0.2) is 23.3 Å². The SMILES string of the molecule is N#Cc1ccc2c(c1)c1cc(C#N)ccc1n2-c1c(-n2c3ccc(-c4ccccc4)cc3c3cc(-c4ccccc4)ccc32)nc(-n2c3ccc(-c4ccccc4)cc3c3cc(-c4ccccc4)ccc32)c(-n2c3ccc(C#N)cc3c3cc(C#N)ccc32)c1-c1cccc2oc3ccccc3c12. The molecule has 0 aliphatic rings. The van der Waals surface area contributed by atoms with Crippen molar-refractivity contribution < 1.29 is 4.42 Å². The molecule has 0 fully saturated rings. The van der Waals surface area contributed by atoms with Gasteiger partial charge in [0.1, 0.15) is 22.5 Å². The normalized spacial score (nSPS) is 11.7. The number of fused-ring (bicyclic) bond motifs is 15. The maximum atomic E-state index is 10.8. The molecule has 103 heavy (non-hydrogen) atoms. The van der Waals surface area contributed by atoms with Crippen molar-refractivity contribution in [2.75, 3.05) is 0 Å². The number of nitriles is 4. The fraction of sp³-hybridized carbons (Fsp3) is 0. The smallest absolute Gasteiger partial charge is 0.165 e. The zero-order valence-corrected chi connectivity index (χ0v) is 54.9. The van der Waals surface area contributed by atoms with E-state index in [1.54, 1.807) is 0 Å². The Morgan fingerprint density at radius 2 is 0.534 bits per heavy atom. The van der Waals surface area contributed by atoms with E-state index in [9.17, 15) is 21.0 Å². The summed E-state index contributed by atoms with van der Waals surface area (Å²) in [7, 11) is 0. The van der Waals surface area contributed by atoms with Crippen LogP contribution >= 0.6 is 0 Å². The lowest BCUT2D eigenvalue weighted by Gasteiger charge is -2.27. The highest BCUT2D eigenvalue weighted by Crippen LogP contribution is 2.52. The largest absolute Gasteiger partial charge is 0.456 e. The Morgan fingerprint density at radius 1 is 0.243 bits per heavy atom. The average molecular weight is 1310 g/mol.